The SMILES string of the molecule is CNSc1ccc(CNC(=O)N2CC(c3ccccc3)C(c3cn(C4CC4)nc3C(C)(C)C)C2)cc1. The zero-order valence-corrected chi connectivity index (χ0v) is 22.5. The van der Waals surface area contributed by atoms with E-state index in [0.29, 0.717) is 25.7 Å². The molecule has 1 saturated heterocycles. The molecule has 2 aliphatic rings. The molecule has 2 aromatic carbocycles. The Kier molecular flexibility index (Phi) is 7.13. The minimum atomic E-state index is -0.0515. The average molecular weight is 504 g/mol. The number of amides is 2. The fraction of sp³-hybridized carbons (Fsp3) is 0.448. The van der Waals surface area contributed by atoms with Crippen molar-refractivity contribution in [2.75, 3.05) is 20.1 Å². The van der Waals surface area contributed by atoms with E-state index in [0.717, 1.165) is 10.5 Å². The largest absolute Gasteiger partial charge is 0.334 e. The van der Waals surface area contributed by atoms with E-state index >= 15 is 0 Å². The molecule has 1 aliphatic heterocycles. The molecule has 1 saturated carbocycles. The summed E-state index contributed by atoms with van der Waals surface area (Å²) < 4.78 is 5.28. The van der Waals surface area contributed by atoms with Crippen molar-refractivity contribution < 1.29 is 4.79 Å². The van der Waals surface area contributed by atoms with E-state index in [-0.39, 0.29) is 23.3 Å². The Hall–Kier alpha value is -2.77. The number of nitrogens with zero attached hydrogens (tertiary/aromatic N) is 3. The van der Waals surface area contributed by atoms with Crippen LogP contribution in [-0.4, -0.2) is 40.8 Å². The van der Waals surface area contributed by atoms with Crippen LogP contribution in [-0.2, 0) is 12.0 Å². The summed E-state index contributed by atoms with van der Waals surface area (Å²) in [6, 6.07) is 19.5. The lowest BCUT2D eigenvalue weighted by atomic mass is 9.79. The Labute approximate surface area is 219 Å². The van der Waals surface area contributed by atoms with Gasteiger partial charge in [-0.25, -0.2) is 4.79 Å². The van der Waals surface area contributed by atoms with Crippen molar-refractivity contribution in [1.82, 2.24) is 24.7 Å². The number of hydrogen-bond acceptors (Lipinski definition) is 4. The summed E-state index contributed by atoms with van der Waals surface area (Å²) in [5, 5.41) is 8.23. The van der Waals surface area contributed by atoms with E-state index in [1.165, 1.54) is 29.7 Å². The summed E-state index contributed by atoms with van der Waals surface area (Å²) in [4.78, 5) is 16.5. The molecule has 2 N–H and O–H groups in total. The molecule has 0 bridgehead atoms. The van der Waals surface area contributed by atoms with Gasteiger partial charge in [0.2, 0.25) is 0 Å². The van der Waals surface area contributed by atoms with E-state index in [1.54, 1.807) is 11.9 Å². The second-order valence-corrected chi connectivity index (χ2v) is 12.1. The molecule has 5 rings (SSSR count). The third-order valence-corrected chi connectivity index (χ3v) is 7.92. The van der Waals surface area contributed by atoms with Crippen LogP contribution in [0.1, 0.15) is 73.9 Å². The molecular weight excluding hydrogens is 466 g/mol. The molecule has 0 spiro atoms. The van der Waals surface area contributed by atoms with Gasteiger partial charge >= 0.3 is 6.03 Å². The van der Waals surface area contributed by atoms with Crippen molar-refractivity contribution in [3.05, 3.63) is 83.2 Å². The van der Waals surface area contributed by atoms with Crippen LogP contribution in [0.25, 0.3) is 0 Å². The van der Waals surface area contributed by atoms with Crippen molar-refractivity contribution >= 4 is 18.0 Å². The Morgan fingerprint density at radius 3 is 2.36 bits per heavy atom. The van der Waals surface area contributed by atoms with E-state index in [9.17, 15) is 4.79 Å². The van der Waals surface area contributed by atoms with Crippen molar-refractivity contribution in [2.24, 2.45) is 0 Å². The number of urea groups is 1. The number of carbonyl (C=O) groups is 1. The van der Waals surface area contributed by atoms with Gasteiger partial charge in [-0.15, -0.1) is 0 Å². The first kappa shape index (κ1) is 24.9. The second kappa shape index (κ2) is 10.3. The predicted octanol–water partition coefficient (Wildman–Crippen LogP) is 5.83. The number of nitrogens with one attached hydrogen (secondary N) is 2. The maximum atomic E-state index is 13.3. The lowest BCUT2D eigenvalue weighted by Crippen LogP contribution is -2.38. The lowest BCUT2D eigenvalue weighted by Gasteiger charge is -2.23. The Bertz CT molecular complexity index is 1180. The third-order valence-electron chi connectivity index (χ3n) is 7.21. The maximum absolute atomic E-state index is 13.3. The summed E-state index contributed by atoms with van der Waals surface area (Å²) in [6.45, 7) is 8.65. The minimum Gasteiger partial charge on any atom is -0.334 e. The molecule has 2 unspecified atom stereocenters. The predicted molar refractivity (Wildman–Crippen MR) is 146 cm³/mol. The molecule has 7 heteroatoms. The molecular formula is C29H37N5OS. The van der Waals surface area contributed by atoms with Gasteiger partial charge in [0.05, 0.1) is 11.7 Å². The Balaban J connectivity index is 1.37. The van der Waals surface area contributed by atoms with Gasteiger partial charge in [-0.1, -0.05) is 63.2 Å². The molecule has 2 atom stereocenters. The first-order valence-electron chi connectivity index (χ1n) is 12.9. The normalized spacial score (nSPS) is 20.1. The molecule has 0 radical (unpaired) electrons. The van der Waals surface area contributed by atoms with Crippen molar-refractivity contribution in [3.63, 3.8) is 0 Å². The number of carbonyl (C=O) groups excluding carboxylic acids is 1. The lowest BCUT2D eigenvalue weighted by molar-refractivity contribution is 0.207. The van der Waals surface area contributed by atoms with E-state index in [2.05, 4.69) is 96.3 Å². The zero-order chi connectivity index (χ0) is 25.3. The quantitative estimate of drug-likeness (QED) is 0.398. The zero-order valence-electron chi connectivity index (χ0n) is 21.7. The van der Waals surface area contributed by atoms with Crippen LogP contribution in [0.3, 0.4) is 0 Å². The Morgan fingerprint density at radius 1 is 1.03 bits per heavy atom. The number of likely N-dealkylation sites (tertiary alicyclic amines) is 1. The van der Waals surface area contributed by atoms with Gasteiger partial charge in [-0.2, -0.15) is 5.10 Å². The van der Waals surface area contributed by atoms with Crippen LogP contribution in [0.4, 0.5) is 4.79 Å². The molecule has 36 heavy (non-hydrogen) atoms. The van der Waals surface area contributed by atoms with Gasteiger partial charge in [-0.3, -0.25) is 9.40 Å². The number of benzene rings is 2. The van der Waals surface area contributed by atoms with E-state index < -0.39 is 0 Å². The fourth-order valence-electron chi connectivity index (χ4n) is 5.19. The number of rotatable bonds is 7. The molecule has 3 aromatic rings. The molecule has 6 nitrogen and oxygen atoms in total. The number of hydrogen-bond donors (Lipinski definition) is 2. The molecule has 1 aliphatic carbocycles. The van der Waals surface area contributed by atoms with Crippen LogP contribution >= 0.6 is 11.9 Å². The first-order valence-corrected chi connectivity index (χ1v) is 13.7. The van der Waals surface area contributed by atoms with Crippen LogP contribution in [0.2, 0.25) is 0 Å². The summed E-state index contributed by atoms with van der Waals surface area (Å²) >= 11 is 1.58. The van der Waals surface area contributed by atoms with Crippen LogP contribution in [0.15, 0.2) is 65.7 Å². The minimum absolute atomic E-state index is 0.000925. The highest BCUT2D eigenvalue weighted by Gasteiger charge is 2.41. The highest BCUT2D eigenvalue weighted by molar-refractivity contribution is 7.97. The van der Waals surface area contributed by atoms with E-state index in [1.807, 2.05) is 11.9 Å². The topological polar surface area (TPSA) is 62.2 Å². The molecule has 2 amide bonds. The second-order valence-electron chi connectivity index (χ2n) is 11.0. The van der Waals surface area contributed by atoms with Crippen molar-refractivity contribution in [3.8, 4) is 0 Å². The monoisotopic (exact) mass is 503 g/mol. The van der Waals surface area contributed by atoms with Crippen LogP contribution in [0.5, 0.6) is 0 Å². The molecule has 2 heterocycles. The summed E-state index contributed by atoms with van der Waals surface area (Å²) in [6.07, 6.45) is 4.70. The Morgan fingerprint density at radius 2 is 1.72 bits per heavy atom. The van der Waals surface area contributed by atoms with Crippen molar-refractivity contribution in [2.45, 2.75) is 68.3 Å². The van der Waals surface area contributed by atoms with Gasteiger partial charge in [-0.05, 0) is 60.7 Å². The first-order chi connectivity index (χ1) is 17.3. The maximum Gasteiger partial charge on any atom is 0.317 e. The summed E-state index contributed by atoms with van der Waals surface area (Å²) in [7, 11) is 1.91. The van der Waals surface area contributed by atoms with Crippen LogP contribution < -0.4 is 10.0 Å². The molecule has 190 valence electrons. The van der Waals surface area contributed by atoms with Crippen molar-refractivity contribution in [1.29, 1.82) is 0 Å². The van der Waals surface area contributed by atoms with E-state index in [4.69, 9.17) is 5.10 Å². The fourth-order valence-corrected chi connectivity index (χ4v) is 5.70. The highest BCUT2D eigenvalue weighted by Crippen LogP contribution is 2.44. The van der Waals surface area contributed by atoms with Gasteiger partial charge < -0.3 is 10.2 Å². The standard InChI is InChI=1S/C29H37N5OS/c1-29(2,3)27-26(19-34(32-27)22-12-13-22)25-18-33(17-24(25)21-8-6-5-7-9-21)28(35)31-16-20-10-14-23(15-11-20)36-30-4/h5-11,14-15,19,22,24-25,30H,12-13,16-18H2,1-4H3,(H,31,35). The molecule has 2 fully saturated rings. The van der Waals surface area contributed by atoms with Crippen LogP contribution in [0, 0.1) is 0 Å². The summed E-state index contributed by atoms with van der Waals surface area (Å²) in [5.41, 5.74) is 4.80. The highest BCUT2D eigenvalue weighted by atomic mass is 32.2. The van der Waals surface area contributed by atoms with Gasteiger partial charge in [0.25, 0.3) is 0 Å². The third kappa shape index (κ3) is 5.47. The number of aromatic nitrogens is 2. The smallest absolute Gasteiger partial charge is 0.317 e. The summed E-state index contributed by atoms with van der Waals surface area (Å²) in [5.74, 6) is 0.463. The molecule has 1 aromatic heterocycles. The average Bonchev–Trinajstić information content (AvgIpc) is 3.45. The van der Waals surface area contributed by atoms with Gasteiger partial charge in [0.15, 0.2) is 0 Å². The van der Waals surface area contributed by atoms with Gasteiger partial charge in [0, 0.05) is 48.0 Å². The van der Waals surface area contributed by atoms with Gasteiger partial charge in [0.1, 0.15) is 0 Å².